The van der Waals surface area contributed by atoms with Gasteiger partial charge >= 0.3 is 0 Å². The van der Waals surface area contributed by atoms with Crippen molar-refractivity contribution >= 4 is 11.6 Å². The Labute approximate surface area is 118 Å². The minimum atomic E-state index is -0.360. The molecule has 0 radical (unpaired) electrons. The number of halogens is 2. The summed E-state index contributed by atoms with van der Waals surface area (Å²) in [4.78, 5) is 2.23. The molecule has 1 saturated heterocycles. The third kappa shape index (κ3) is 3.08. The van der Waals surface area contributed by atoms with Crippen LogP contribution in [0.2, 0.25) is 5.02 Å². The number of benzene rings is 1. The Bertz CT molecular complexity index is 430. The molecule has 0 amide bonds. The van der Waals surface area contributed by atoms with E-state index in [2.05, 4.69) is 11.8 Å². The Morgan fingerprint density at radius 2 is 2.37 bits per heavy atom. The minimum Gasteiger partial charge on any atom is -0.378 e. The summed E-state index contributed by atoms with van der Waals surface area (Å²) in [5.41, 5.74) is 6.46. The van der Waals surface area contributed by atoms with Crippen LogP contribution in [0.15, 0.2) is 18.2 Å². The van der Waals surface area contributed by atoms with Gasteiger partial charge in [0.2, 0.25) is 0 Å². The number of nitrogens with two attached hydrogens (primary N) is 1. The summed E-state index contributed by atoms with van der Waals surface area (Å²) in [5, 5.41) is 0.150. The predicted molar refractivity (Wildman–Crippen MR) is 74.8 cm³/mol. The fourth-order valence-electron chi connectivity index (χ4n) is 2.65. The SMILES string of the molecule is CCC1COCCN1C(CN)c1cccc(Cl)c1F. The maximum Gasteiger partial charge on any atom is 0.146 e. The number of hydrogen-bond acceptors (Lipinski definition) is 3. The van der Waals surface area contributed by atoms with E-state index >= 15 is 0 Å². The van der Waals surface area contributed by atoms with Crippen molar-refractivity contribution in [1.82, 2.24) is 4.90 Å². The van der Waals surface area contributed by atoms with Crippen LogP contribution in [0.3, 0.4) is 0 Å². The van der Waals surface area contributed by atoms with Crippen molar-refractivity contribution in [2.45, 2.75) is 25.4 Å². The van der Waals surface area contributed by atoms with Gasteiger partial charge in [-0.15, -0.1) is 0 Å². The van der Waals surface area contributed by atoms with Crippen molar-refractivity contribution in [3.63, 3.8) is 0 Å². The number of hydrogen-bond donors (Lipinski definition) is 1. The summed E-state index contributed by atoms with van der Waals surface area (Å²) in [5.74, 6) is -0.360. The highest BCUT2D eigenvalue weighted by atomic mass is 35.5. The van der Waals surface area contributed by atoms with E-state index in [0.29, 0.717) is 25.3 Å². The number of nitrogens with zero attached hydrogens (tertiary/aromatic N) is 1. The average Bonchev–Trinajstić information content (AvgIpc) is 2.45. The molecular formula is C14H20ClFN2O. The lowest BCUT2D eigenvalue weighted by Gasteiger charge is -2.40. The third-order valence-corrected chi connectivity index (χ3v) is 4.00. The van der Waals surface area contributed by atoms with Gasteiger partial charge in [0.25, 0.3) is 0 Å². The summed E-state index contributed by atoms with van der Waals surface area (Å²) < 4.78 is 19.7. The Morgan fingerprint density at radius 3 is 3.05 bits per heavy atom. The molecule has 1 aromatic rings. The molecule has 106 valence electrons. The molecule has 1 heterocycles. The van der Waals surface area contributed by atoms with Crippen molar-refractivity contribution in [2.75, 3.05) is 26.3 Å². The molecule has 1 aliphatic heterocycles. The number of morpholine rings is 1. The van der Waals surface area contributed by atoms with Gasteiger partial charge < -0.3 is 10.5 Å². The molecule has 0 saturated carbocycles. The van der Waals surface area contributed by atoms with Crippen molar-refractivity contribution in [3.05, 3.63) is 34.6 Å². The van der Waals surface area contributed by atoms with Gasteiger partial charge in [0.1, 0.15) is 5.82 Å². The first-order valence-corrected chi connectivity index (χ1v) is 7.04. The molecule has 19 heavy (non-hydrogen) atoms. The van der Waals surface area contributed by atoms with Crippen molar-refractivity contribution < 1.29 is 9.13 Å². The fraction of sp³-hybridized carbons (Fsp3) is 0.571. The number of rotatable bonds is 4. The van der Waals surface area contributed by atoms with Crippen molar-refractivity contribution in [2.24, 2.45) is 5.73 Å². The van der Waals surface area contributed by atoms with Crippen molar-refractivity contribution in [3.8, 4) is 0 Å². The molecule has 2 atom stereocenters. The third-order valence-electron chi connectivity index (χ3n) is 3.71. The summed E-state index contributed by atoms with van der Waals surface area (Å²) in [6, 6.07) is 5.23. The van der Waals surface area contributed by atoms with Crippen LogP contribution in [-0.2, 0) is 4.74 Å². The first-order valence-electron chi connectivity index (χ1n) is 6.66. The van der Waals surface area contributed by atoms with E-state index in [4.69, 9.17) is 22.1 Å². The molecule has 0 aromatic heterocycles. The van der Waals surface area contributed by atoms with Crippen LogP contribution < -0.4 is 5.73 Å². The van der Waals surface area contributed by atoms with Gasteiger partial charge in [-0.2, -0.15) is 0 Å². The zero-order chi connectivity index (χ0) is 13.8. The highest BCUT2D eigenvalue weighted by molar-refractivity contribution is 6.30. The first-order chi connectivity index (χ1) is 9.19. The zero-order valence-electron chi connectivity index (χ0n) is 11.1. The summed E-state index contributed by atoms with van der Waals surface area (Å²) in [7, 11) is 0. The number of ether oxygens (including phenoxy) is 1. The lowest BCUT2D eigenvalue weighted by Crippen LogP contribution is -2.49. The van der Waals surface area contributed by atoms with Crippen LogP contribution in [0.5, 0.6) is 0 Å². The standard InChI is InChI=1S/C14H20ClFN2O/c1-2-10-9-19-7-6-18(10)13(8-17)11-4-3-5-12(15)14(11)16/h3-5,10,13H,2,6-9,17H2,1H3. The molecule has 5 heteroatoms. The molecule has 0 spiro atoms. The van der Waals surface area contributed by atoms with E-state index in [1.54, 1.807) is 18.2 Å². The van der Waals surface area contributed by atoms with E-state index < -0.39 is 0 Å². The normalized spacial score (nSPS) is 22.4. The molecule has 3 nitrogen and oxygen atoms in total. The Morgan fingerprint density at radius 1 is 1.58 bits per heavy atom. The largest absolute Gasteiger partial charge is 0.378 e. The van der Waals surface area contributed by atoms with Gasteiger partial charge in [-0.3, -0.25) is 4.90 Å². The second-order valence-electron chi connectivity index (χ2n) is 4.77. The monoisotopic (exact) mass is 286 g/mol. The Kier molecular flexibility index (Phi) is 5.16. The lowest BCUT2D eigenvalue weighted by molar-refractivity contribution is -0.0297. The predicted octanol–water partition coefficient (Wildman–Crippen LogP) is 2.59. The van der Waals surface area contributed by atoms with Gasteiger partial charge in [0, 0.05) is 24.7 Å². The second kappa shape index (κ2) is 6.66. The van der Waals surface area contributed by atoms with E-state index in [1.165, 1.54) is 0 Å². The molecule has 2 rings (SSSR count). The Balaban J connectivity index is 2.30. The molecule has 1 aromatic carbocycles. The molecule has 2 N–H and O–H groups in total. The summed E-state index contributed by atoms with van der Waals surface area (Å²) in [6.07, 6.45) is 0.957. The van der Waals surface area contributed by atoms with Gasteiger partial charge in [0.15, 0.2) is 0 Å². The van der Waals surface area contributed by atoms with Gasteiger partial charge in [-0.25, -0.2) is 4.39 Å². The average molecular weight is 287 g/mol. The highest BCUT2D eigenvalue weighted by Crippen LogP contribution is 2.29. The quantitative estimate of drug-likeness (QED) is 0.925. The van der Waals surface area contributed by atoms with Crippen LogP contribution >= 0.6 is 11.6 Å². The summed E-state index contributed by atoms with van der Waals surface area (Å²) in [6.45, 7) is 4.58. The second-order valence-corrected chi connectivity index (χ2v) is 5.18. The minimum absolute atomic E-state index is 0.146. The maximum atomic E-state index is 14.2. The molecular weight excluding hydrogens is 267 g/mol. The van der Waals surface area contributed by atoms with E-state index in [0.717, 1.165) is 13.0 Å². The van der Waals surface area contributed by atoms with E-state index in [1.807, 2.05) is 0 Å². The molecule has 1 fully saturated rings. The van der Waals surface area contributed by atoms with Crippen molar-refractivity contribution in [1.29, 1.82) is 0 Å². The maximum absolute atomic E-state index is 14.2. The molecule has 1 aliphatic rings. The fourth-order valence-corrected chi connectivity index (χ4v) is 2.83. The van der Waals surface area contributed by atoms with Crippen LogP contribution in [0.25, 0.3) is 0 Å². The van der Waals surface area contributed by atoms with E-state index in [-0.39, 0.29) is 22.9 Å². The van der Waals surface area contributed by atoms with Crippen LogP contribution in [-0.4, -0.2) is 37.2 Å². The van der Waals surface area contributed by atoms with Gasteiger partial charge in [-0.05, 0) is 12.5 Å². The first kappa shape index (κ1) is 14.7. The van der Waals surface area contributed by atoms with Gasteiger partial charge in [0.05, 0.1) is 24.3 Å². The smallest absolute Gasteiger partial charge is 0.146 e. The Hall–Kier alpha value is -0.680. The van der Waals surface area contributed by atoms with Gasteiger partial charge in [-0.1, -0.05) is 30.7 Å². The molecule has 0 bridgehead atoms. The molecule has 2 unspecified atom stereocenters. The summed E-state index contributed by atoms with van der Waals surface area (Å²) >= 11 is 5.87. The van der Waals surface area contributed by atoms with E-state index in [9.17, 15) is 4.39 Å². The topological polar surface area (TPSA) is 38.5 Å². The van der Waals surface area contributed by atoms with Crippen LogP contribution in [0, 0.1) is 5.82 Å². The van der Waals surface area contributed by atoms with Crippen LogP contribution in [0.1, 0.15) is 24.9 Å². The lowest BCUT2D eigenvalue weighted by atomic mass is 10.0. The zero-order valence-corrected chi connectivity index (χ0v) is 11.9. The highest BCUT2D eigenvalue weighted by Gasteiger charge is 2.30. The van der Waals surface area contributed by atoms with Crippen LogP contribution in [0.4, 0.5) is 4.39 Å². The molecule has 0 aliphatic carbocycles.